The average Bonchev–Trinajstić information content (AvgIpc) is 2.94. The number of hydrogen-bond donors (Lipinski definition) is 2. The molecule has 24 heavy (non-hydrogen) atoms. The molecule has 0 saturated carbocycles. The number of para-hydroxylation sites is 1. The summed E-state index contributed by atoms with van der Waals surface area (Å²) in [5, 5.41) is 18.9. The Kier molecular flexibility index (Phi) is 6.57. The summed E-state index contributed by atoms with van der Waals surface area (Å²) in [6.45, 7) is 0.888. The van der Waals surface area contributed by atoms with E-state index in [1.807, 2.05) is 30.3 Å². The standard InChI is InChI=1S/C17H24N2O5/c1-18(12-17(22)23)14-10-19(11-15(14)20)16(21)8-5-9-24-13-6-3-2-4-7-13/h2-4,6-7,14-15,20H,5,8-12H2,1H3,(H,22,23)/t14-,15-/m1/s1. The molecule has 7 nitrogen and oxygen atoms in total. The molecule has 1 aromatic rings. The van der Waals surface area contributed by atoms with Crippen LogP contribution < -0.4 is 4.74 Å². The van der Waals surface area contributed by atoms with E-state index in [0.29, 0.717) is 26.0 Å². The molecule has 1 aromatic carbocycles. The second kappa shape index (κ2) is 8.65. The van der Waals surface area contributed by atoms with Crippen molar-refractivity contribution in [2.75, 3.05) is 33.3 Å². The first-order valence-corrected chi connectivity index (χ1v) is 8.03. The van der Waals surface area contributed by atoms with Gasteiger partial charge < -0.3 is 19.8 Å². The zero-order chi connectivity index (χ0) is 17.5. The highest BCUT2D eigenvalue weighted by molar-refractivity contribution is 5.76. The number of β-amino-alcohol motifs (C(OH)–C–C–N with tert-alkyl or cyclic N) is 1. The molecule has 1 aliphatic rings. The second-order valence-corrected chi connectivity index (χ2v) is 6.01. The number of hydrogen-bond acceptors (Lipinski definition) is 5. The van der Waals surface area contributed by atoms with Crippen LogP contribution in [0.5, 0.6) is 5.75 Å². The summed E-state index contributed by atoms with van der Waals surface area (Å²) in [5.74, 6) is -0.221. The normalized spacial score (nSPS) is 20.4. The Morgan fingerprint density at radius 3 is 2.67 bits per heavy atom. The third-order valence-electron chi connectivity index (χ3n) is 4.11. The van der Waals surface area contributed by atoms with Gasteiger partial charge in [-0.2, -0.15) is 0 Å². The molecule has 7 heteroatoms. The number of nitrogens with zero attached hydrogens (tertiary/aromatic N) is 2. The Morgan fingerprint density at radius 1 is 1.29 bits per heavy atom. The van der Waals surface area contributed by atoms with E-state index in [-0.39, 0.29) is 25.0 Å². The van der Waals surface area contributed by atoms with Gasteiger partial charge in [0.1, 0.15) is 5.75 Å². The number of carbonyl (C=O) groups excluding carboxylic acids is 1. The minimum Gasteiger partial charge on any atom is -0.494 e. The molecule has 0 unspecified atom stereocenters. The fourth-order valence-corrected chi connectivity index (χ4v) is 2.83. The zero-order valence-electron chi connectivity index (χ0n) is 13.8. The molecule has 132 valence electrons. The molecule has 1 saturated heterocycles. The van der Waals surface area contributed by atoms with Gasteiger partial charge in [-0.1, -0.05) is 18.2 Å². The molecular formula is C17H24N2O5. The lowest BCUT2D eigenvalue weighted by Crippen LogP contribution is -2.43. The van der Waals surface area contributed by atoms with Crippen molar-refractivity contribution in [2.24, 2.45) is 0 Å². The van der Waals surface area contributed by atoms with Crippen LogP contribution in [0.25, 0.3) is 0 Å². The monoisotopic (exact) mass is 336 g/mol. The number of aliphatic carboxylic acids is 1. The van der Waals surface area contributed by atoms with Crippen molar-refractivity contribution in [3.8, 4) is 5.75 Å². The number of carbonyl (C=O) groups is 2. The Labute approximate surface area is 141 Å². The molecule has 0 aliphatic carbocycles. The minimum absolute atomic E-state index is 0.0445. The van der Waals surface area contributed by atoms with E-state index in [1.54, 1.807) is 16.8 Å². The number of carboxylic acids is 1. The van der Waals surface area contributed by atoms with Crippen LogP contribution in [0.2, 0.25) is 0 Å². The van der Waals surface area contributed by atoms with Crippen molar-refractivity contribution in [1.29, 1.82) is 0 Å². The molecule has 0 bridgehead atoms. The van der Waals surface area contributed by atoms with Crippen molar-refractivity contribution >= 4 is 11.9 Å². The van der Waals surface area contributed by atoms with Gasteiger partial charge in [0, 0.05) is 19.5 Å². The molecular weight excluding hydrogens is 312 g/mol. The molecule has 0 radical (unpaired) electrons. The van der Waals surface area contributed by atoms with Crippen molar-refractivity contribution in [2.45, 2.75) is 25.0 Å². The molecule has 0 aromatic heterocycles. The van der Waals surface area contributed by atoms with Gasteiger partial charge in [0.05, 0.1) is 25.3 Å². The van der Waals surface area contributed by atoms with Crippen molar-refractivity contribution in [3.63, 3.8) is 0 Å². The van der Waals surface area contributed by atoms with Gasteiger partial charge in [-0.05, 0) is 25.6 Å². The minimum atomic E-state index is -0.951. The fraction of sp³-hybridized carbons (Fsp3) is 0.529. The Bertz CT molecular complexity index is 551. The number of ether oxygens (including phenoxy) is 1. The number of benzene rings is 1. The molecule has 0 spiro atoms. The van der Waals surface area contributed by atoms with Gasteiger partial charge in [0.25, 0.3) is 0 Å². The van der Waals surface area contributed by atoms with Crippen molar-refractivity contribution < 1.29 is 24.5 Å². The van der Waals surface area contributed by atoms with Crippen molar-refractivity contribution in [1.82, 2.24) is 9.80 Å². The van der Waals surface area contributed by atoms with E-state index >= 15 is 0 Å². The van der Waals surface area contributed by atoms with E-state index < -0.39 is 12.1 Å². The predicted molar refractivity (Wildman–Crippen MR) is 87.8 cm³/mol. The maximum atomic E-state index is 12.2. The number of rotatable bonds is 8. The van der Waals surface area contributed by atoms with Crippen LogP contribution in [-0.4, -0.2) is 77.3 Å². The third kappa shape index (κ3) is 5.21. The SMILES string of the molecule is CN(CC(=O)O)[C@@H]1CN(C(=O)CCCOc2ccccc2)C[C@H]1O. The molecule has 1 fully saturated rings. The smallest absolute Gasteiger partial charge is 0.317 e. The van der Waals surface area contributed by atoms with Crippen LogP contribution in [0.3, 0.4) is 0 Å². The summed E-state index contributed by atoms with van der Waals surface area (Å²) < 4.78 is 5.55. The fourth-order valence-electron chi connectivity index (χ4n) is 2.83. The van der Waals surface area contributed by atoms with Gasteiger partial charge in [-0.3, -0.25) is 14.5 Å². The summed E-state index contributed by atoms with van der Waals surface area (Å²) in [5.41, 5.74) is 0. The molecule has 2 rings (SSSR count). The van der Waals surface area contributed by atoms with Crippen molar-refractivity contribution in [3.05, 3.63) is 30.3 Å². The summed E-state index contributed by atoms with van der Waals surface area (Å²) in [7, 11) is 1.64. The number of aliphatic hydroxyl groups excluding tert-OH is 1. The molecule has 1 heterocycles. The lowest BCUT2D eigenvalue weighted by molar-refractivity contribution is -0.138. The topological polar surface area (TPSA) is 90.3 Å². The van der Waals surface area contributed by atoms with E-state index in [1.165, 1.54) is 0 Å². The number of amides is 1. The first-order chi connectivity index (χ1) is 11.5. The molecule has 2 N–H and O–H groups in total. The Hall–Kier alpha value is -2.12. The lowest BCUT2D eigenvalue weighted by atomic mass is 10.2. The summed E-state index contributed by atoms with van der Waals surface area (Å²) in [6, 6.07) is 9.07. The van der Waals surface area contributed by atoms with E-state index in [4.69, 9.17) is 9.84 Å². The van der Waals surface area contributed by atoms with Gasteiger partial charge in [-0.25, -0.2) is 0 Å². The number of likely N-dealkylation sites (tertiary alicyclic amines) is 1. The quantitative estimate of drug-likeness (QED) is 0.669. The number of aliphatic hydroxyl groups is 1. The molecule has 2 atom stereocenters. The highest BCUT2D eigenvalue weighted by Gasteiger charge is 2.36. The summed E-state index contributed by atoms with van der Waals surface area (Å²) in [4.78, 5) is 26.1. The molecule has 1 aliphatic heterocycles. The van der Waals surface area contributed by atoms with Crippen LogP contribution in [0, 0.1) is 0 Å². The van der Waals surface area contributed by atoms with E-state index in [2.05, 4.69) is 0 Å². The highest BCUT2D eigenvalue weighted by Crippen LogP contribution is 2.17. The van der Waals surface area contributed by atoms with E-state index in [0.717, 1.165) is 5.75 Å². The Morgan fingerprint density at radius 2 is 2.00 bits per heavy atom. The number of likely N-dealkylation sites (N-methyl/N-ethyl adjacent to an activating group) is 1. The second-order valence-electron chi connectivity index (χ2n) is 6.01. The van der Waals surface area contributed by atoms with E-state index in [9.17, 15) is 14.7 Å². The summed E-state index contributed by atoms with van der Waals surface area (Å²) in [6.07, 6.45) is 0.212. The first-order valence-electron chi connectivity index (χ1n) is 8.03. The van der Waals surface area contributed by atoms with Crippen LogP contribution in [0.1, 0.15) is 12.8 Å². The zero-order valence-corrected chi connectivity index (χ0v) is 13.8. The predicted octanol–water partition coefficient (Wildman–Crippen LogP) is 0.434. The lowest BCUT2D eigenvalue weighted by Gasteiger charge is -2.24. The van der Waals surface area contributed by atoms with Gasteiger partial charge in [0.2, 0.25) is 5.91 Å². The van der Waals surface area contributed by atoms with Crippen LogP contribution in [-0.2, 0) is 9.59 Å². The summed E-state index contributed by atoms with van der Waals surface area (Å²) >= 11 is 0. The average molecular weight is 336 g/mol. The van der Waals surface area contributed by atoms with Crippen LogP contribution in [0.4, 0.5) is 0 Å². The highest BCUT2D eigenvalue weighted by atomic mass is 16.5. The van der Waals surface area contributed by atoms with Gasteiger partial charge in [0.15, 0.2) is 0 Å². The largest absolute Gasteiger partial charge is 0.494 e. The van der Waals surface area contributed by atoms with Crippen LogP contribution >= 0.6 is 0 Å². The number of carboxylic acid groups (broad SMARTS) is 1. The third-order valence-corrected chi connectivity index (χ3v) is 4.11. The van der Waals surface area contributed by atoms with Gasteiger partial charge >= 0.3 is 5.97 Å². The van der Waals surface area contributed by atoms with Crippen LogP contribution in [0.15, 0.2) is 30.3 Å². The first kappa shape index (κ1) is 18.2. The molecule has 1 amide bonds. The Balaban J connectivity index is 1.72. The van der Waals surface area contributed by atoms with Gasteiger partial charge in [-0.15, -0.1) is 0 Å². The maximum Gasteiger partial charge on any atom is 0.317 e. The maximum absolute atomic E-state index is 12.2.